The smallest absolute Gasteiger partial charge is 0.200 e. The molecule has 0 N–H and O–H groups in total. The minimum absolute atomic E-state index is 0.195. The van der Waals surface area contributed by atoms with Gasteiger partial charge in [0.25, 0.3) is 0 Å². The number of rotatable bonds is 3. The number of aryl methyl sites for hydroxylation is 2. The first kappa shape index (κ1) is 25.9. The summed E-state index contributed by atoms with van der Waals surface area (Å²) in [6, 6.07) is 31.6. The van der Waals surface area contributed by atoms with Crippen molar-refractivity contribution in [1.82, 2.24) is 0 Å². The summed E-state index contributed by atoms with van der Waals surface area (Å²) in [5.41, 5.74) is 8.55. The van der Waals surface area contributed by atoms with Crippen LogP contribution in [0.5, 0.6) is 0 Å². The Morgan fingerprint density at radius 3 is 2.02 bits per heavy atom. The van der Waals surface area contributed by atoms with E-state index in [1.807, 2.05) is 62.7 Å². The predicted octanol–water partition coefficient (Wildman–Crippen LogP) is 9.50. The zero-order valence-electron chi connectivity index (χ0n) is 23.3. The van der Waals surface area contributed by atoms with Crippen LogP contribution in [-0.2, 0) is 12.5 Å². The van der Waals surface area contributed by atoms with E-state index in [9.17, 15) is 5.26 Å². The molecule has 6 aromatic rings. The number of aromatic nitrogens is 1. The third kappa shape index (κ3) is 4.28. The molecule has 0 amide bonds. The molecule has 2 nitrogen and oxygen atoms in total. The molecule has 0 aliphatic rings. The molecule has 2 aromatic heterocycles. The molecule has 0 saturated carbocycles. The average Bonchev–Trinajstić information content (AvgIpc) is 3.31. The molecule has 0 spiro atoms. The van der Waals surface area contributed by atoms with Crippen molar-refractivity contribution in [2.75, 3.05) is 0 Å². The number of pyridine rings is 1. The van der Waals surface area contributed by atoms with Crippen LogP contribution in [0.4, 0.5) is 4.39 Å². The first-order chi connectivity index (χ1) is 19.2. The third-order valence-corrected chi connectivity index (χ3v) is 8.96. The van der Waals surface area contributed by atoms with Crippen LogP contribution in [0.15, 0.2) is 91.1 Å². The lowest BCUT2D eigenvalue weighted by molar-refractivity contribution is -0.662. The SMILES string of the molecule is Cc1ccc2c(sc3c(-c4ccc(-c5ccccc5)cc4)c(C#N)ccc32)c1-c1cc(C(C)(C)C)c(F)c[n+]1C. The number of hydrogen-bond acceptors (Lipinski definition) is 2. The quantitative estimate of drug-likeness (QED) is 0.205. The van der Waals surface area contributed by atoms with Crippen molar-refractivity contribution in [1.29, 1.82) is 5.26 Å². The number of halogens is 1. The second-order valence-corrected chi connectivity index (χ2v) is 12.5. The summed E-state index contributed by atoms with van der Waals surface area (Å²) < 4.78 is 19.2. The number of nitrogens with zero attached hydrogens (tertiary/aromatic N) is 2. The van der Waals surface area contributed by atoms with Crippen molar-refractivity contribution in [2.45, 2.75) is 33.1 Å². The number of fused-ring (bicyclic) bond motifs is 3. The van der Waals surface area contributed by atoms with Crippen LogP contribution >= 0.6 is 11.3 Å². The number of benzene rings is 4. The van der Waals surface area contributed by atoms with Crippen molar-refractivity contribution in [3.05, 3.63) is 114 Å². The Labute approximate surface area is 238 Å². The first-order valence-corrected chi connectivity index (χ1v) is 14.2. The van der Waals surface area contributed by atoms with Crippen LogP contribution in [0.25, 0.3) is 53.7 Å². The van der Waals surface area contributed by atoms with E-state index in [2.05, 4.69) is 67.6 Å². The molecule has 196 valence electrons. The first-order valence-electron chi connectivity index (χ1n) is 13.4. The van der Waals surface area contributed by atoms with Gasteiger partial charge in [-0.3, -0.25) is 0 Å². The second kappa shape index (κ2) is 9.70. The summed E-state index contributed by atoms with van der Waals surface area (Å²) in [7, 11) is 1.91. The molecule has 0 radical (unpaired) electrons. The molecule has 2 heterocycles. The molecule has 4 heteroatoms. The number of hydrogen-bond donors (Lipinski definition) is 0. The van der Waals surface area contributed by atoms with Gasteiger partial charge in [-0.25, -0.2) is 4.39 Å². The van der Waals surface area contributed by atoms with Gasteiger partial charge in [0.15, 0.2) is 5.82 Å². The highest BCUT2D eigenvalue weighted by molar-refractivity contribution is 7.27. The molecule has 6 rings (SSSR count). The van der Waals surface area contributed by atoms with Gasteiger partial charge < -0.3 is 0 Å². The summed E-state index contributed by atoms with van der Waals surface area (Å²) in [6.45, 7) is 8.24. The van der Waals surface area contributed by atoms with E-state index in [-0.39, 0.29) is 11.2 Å². The largest absolute Gasteiger partial charge is 0.214 e. The zero-order chi connectivity index (χ0) is 28.2. The molecule has 0 unspecified atom stereocenters. The fourth-order valence-electron chi connectivity index (χ4n) is 5.60. The average molecular weight is 542 g/mol. The Kier molecular flexibility index (Phi) is 6.28. The maximum absolute atomic E-state index is 15.0. The minimum atomic E-state index is -0.324. The monoisotopic (exact) mass is 541 g/mol. The van der Waals surface area contributed by atoms with Crippen molar-refractivity contribution in [3.8, 4) is 39.6 Å². The van der Waals surface area contributed by atoms with E-state index in [0.29, 0.717) is 11.1 Å². The summed E-state index contributed by atoms with van der Waals surface area (Å²) in [5, 5.41) is 12.4. The highest BCUT2D eigenvalue weighted by atomic mass is 32.1. The van der Waals surface area contributed by atoms with Crippen molar-refractivity contribution < 1.29 is 8.96 Å². The summed E-state index contributed by atoms with van der Waals surface area (Å²) in [6.07, 6.45) is 1.59. The Bertz CT molecular complexity index is 1950. The summed E-state index contributed by atoms with van der Waals surface area (Å²) >= 11 is 1.72. The minimum Gasteiger partial charge on any atom is -0.200 e. The molecule has 0 saturated heterocycles. The van der Waals surface area contributed by atoms with Gasteiger partial charge in [0.05, 0.1) is 17.2 Å². The molecule has 0 bridgehead atoms. The lowest BCUT2D eigenvalue weighted by atomic mass is 9.86. The Morgan fingerprint density at radius 2 is 1.38 bits per heavy atom. The Morgan fingerprint density at radius 1 is 0.775 bits per heavy atom. The maximum atomic E-state index is 15.0. The number of thiophene rings is 1. The van der Waals surface area contributed by atoms with E-state index in [0.717, 1.165) is 59.2 Å². The van der Waals surface area contributed by atoms with Gasteiger partial charge in [0, 0.05) is 37.4 Å². The van der Waals surface area contributed by atoms with Gasteiger partial charge in [-0.2, -0.15) is 9.83 Å². The van der Waals surface area contributed by atoms with Gasteiger partial charge in [0.1, 0.15) is 7.05 Å². The second-order valence-electron chi connectivity index (χ2n) is 11.4. The zero-order valence-corrected chi connectivity index (χ0v) is 24.2. The van der Waals surface area contributed by atoms with Crippen LogP contribution in [0.1, 0.15) is 37.5 Å². The standard InChI is InChI=1S/C36H30FN2S/c1-22-11-17-27-28-18-16-26(20-38)33(25-14-12-24(13-15-25)23-9-7-6-8-10-23)35(28)40-34(27)32(22)31-19-29(36(2,3)4)30(37)21-39(31)5/h6-19,21H,1-5H3/q+1. The van der Waals surface area contributed by atoms with Gasteiger partial charge in [-0.05, 0) is 40.7 Å². The van der Waals surface area contributed by atoms with E-state index in [4.69, 9.17) is 0 Å². The van der Waals surface area contributed by atoms with E-state index >= 15 is 4.39 Å². The van der Waals surface area contributed by atoms with E-state index in [1.165, 1.54) is 0 Å². The fourth-order valence-corrected chi connectivity index (χ4v) is 7.08. The molecular formula is C36H30FN2S+. The third-order valence-electron chi connectivity index (χ3n) is 7.71. The molecule has 4 aromatic carbocycles. The summed E-state index contributed by atoms with van der Waals surface area (Å²) in [5.74, 6) is -0.195. The van der Waals surface area contributed by atoms with Crippen molar-refractivity contribution in [2.24, 2.45) is 7.05 Å². The van der Waals surface area contributed by atoms with Crippen LogP contribution in [0.3, 0.4) is 0 Å². The van der Waals surface area contributed by atoms with Crippen LogP contribution in [-0.4, -0.2) is 0 Å². The van der Waals surface area contributed by atoms with E-state index in [1.54, 1.807) is 17.5 Å². The van der Waals surface area contributed by atoms with E-state index < -0.39 is 0 Å². The molecule has 0 aliphatic heterocycles. The molecule has 0 aliphatic carbocycles. The van der Waals surface area contributed by atoms with Gasteiger partial charge in [-0.15, -0.1) is 11.3 Å². The molecule has 0 atom stereocenters. The predicted molar refractivity (Wildman–Crippen MR) is 165 cm³/mol. The highest BCUT2D eigenvalue weighted by Crippen LogP contribution is 2.46. The molecular weight excluding hydrogens is 511 g/mol. The van der Waals surface area contributed by atoms with Crippen molar-refractivity contribution >= 4 is 31.5 Å². The van der Waals surface area contributed by atoms with Gasteiger partial charge in [-0.1, -0.05) is 93.6 Å². The van der Waals surface area contributed by atoms with Crippen molar-refractivity contribution in [3.63, 3.8) is 0 Å². The highest BCUT2D eigenvalue weighted by Gasteiger charge is 2.27. The van der Waals surface area contributed by atoms with Crippen LogP contribution in [0, 0.1) is 24.1 Å². The number of nitriles is 1. The Balaban J connectivity index is 1.61. The normalized spacial score (nSPS) is 11.7. The van der Waals surface area contributed by atoms with Gasteiger partial charge >= 0.3 is 0 Å². The van der Waals surface area contributed by atoms with Crippen LogP contribution in [0.2, 0.25) is 0 Å². The van der Waals surface area contributed by atoms with Gasteiger partial charge in [0.2, 0.25) is 11.9 Å². The summed E-state index contributed by atoms with van der Waals surface area (Å²) in [4.78, 5) is 0. The topological polar surface area (TPSA) is 27.7 Å². The van der Waals surface area contributed by atoms with Crippen LogP contribution < -0.4 is 4.57 Å². The lowest BCUT2D eigenvalue weighted by Gasteiger charge is -2.20. The molecule has 40 heavy (non-hydrogen) atoms. The lowest BCUT2D eigenvalue weighted by Crippen LogP contribution is -2.33. The maximum Gasteiger partial charge on any atom is 0.214 e. The fraction of sp³-hybridized carbons (Fsp3) is 0.167. The Hall–Kier alpha value is -4.33. The molecule has 0 fully saturated rings.